The first-order valence-corrected chi connectivity index (χ1v) is 7.56. The number of ether oxygens (including phenoxy) is 1. The zero-order chi connectivity index (χ0) is 16.2. The number of para-hydroxylation sites is 1. The summed E-state index contributed by atoms with van der Waals surface area (Å²) in [7, 11) is 3.67. The lowest BCUT2D eigenvalue weighted by atomic mass is 10.2. The Morgan fingerprint density at radius 2 is 1.78 bits per heavy atom. The van der Waals surface area contributed by atoms with Crippen molar-refractivity contribution in [1.82, 2.24) is 9.97 Å². The van der Waals surface area contributed by atoms with E-state index in [2.05, 4.69) is 9.88 Å². The summed E-state index contributed by atoms with van der Waals surface area (Å²) in [6, 6.07) is 15.9. The minimum absolute atomic E-state index is 0.532. The lowest BCUT2D eigenvalue weighted by molar-refractivity contribution is 0.415. The predicted molar refractivity (Wildman–Crippen MR) is 93.4 cm³/mol. The summed E-state index contributed by atoms with van der Waals surface area (Å²) >= 11 is 0. The Balaban J connectivity index is 2.08. The van der Waals surface area contributed by atoms with Crippen LogP contribution in [0.4, 0.5) is 11.5 Å². The first kappa shape index (κ1) is 15.2. The van der Waals surface area contributed by atoms with Gasteiger partial charge in [0.25, 0.3) is 0 Å². The molecule has 5 nitrogen and oxygen atoms in total. The second kappa shape index (κ2) is 6.62. The van der Waals surface area contributed by atoms with Gasteiger partial charge in [-0.1, -0.05) is 12.1 Å². The molecule has 23 heavy (non-hydrogen) atoms. The average Bonchev–Trinajstić information content (AvgIpc) is 2.61. The lowest BCUT2D eigenvalue weighted by Gasteiger charge is -2.21. The Labute approximate surface area is 135 Å². The van der Waals surface area contributed by atoms with Gasteiger partial charge >= 0.3 is 0 Å². The van der Waals surface area contributed by atoms with E-state index in [9.17, 15) is 0 Å². The SMILES string of the molecule is COc1ccc(N(C)c2nc(CCN)nc3ccccc23)cc1. The Morgan fingerprint density at radius 3 is 2.48 bits per heavy atom. The van der Waals surface area contributed by atoms with Crippen molar-refractivity contribution in [3.63, 3.8) is 0 Å². The first-order chi connectivity index (χ1) is 11.2. The Kier molecular flexibility index (Phi) is 4.39. The third-order valence-corrected chi connectivity index (χ3v) is 3.77. The molecule has 0 spiro atoms. The normalized spacial score (nSPS) is 10.7. The van der Waals surface area contributed by atoms with E-state index in [1.165, 1.54) is 0 Å². The molecule has 0 aliphatic rings. The van der Waals surface area contributed by atoms with Gasteiger partial charge in [0.05, 0.1) is 12.6 Å². The van der Waals surface area contributed by atoms with E-state index in [4.69, 9.17) is 15.5 Å². The smallest absolute Gasteiger partial charge is 0.144 e. The highest BCUT2D eigenvalue weighted by molar-refractivity contribution is 5.91. The summed E-state index contributed by atoms with van der Waals surface area (Å²) < 4.78 is 5.22. The van der Waals surface area contributed by atoms with Gasteiger partial charge in [0, 0.05) is 24.5 Å². The van der Waals surface area contributed by atoms with Crippen LogP contribution in [0.25, 0.3) is 10.9 Å². The molecule has 0 atom stereocenters. The number of hydrogen-bond acceptors (Lipinski definition) is 5. The van der Waals surface area contributed by atoms with Crippen molar-refractivity contribution in [2.45, 2.75) is 6.42 Å². The fraction of sp³-hybridized carbons (Fsp3) is 0.222. The molecule has 0 aliphatic heterocycles. The van der Waals surface area contributed by atoms with E-state index < -0.39 is 0 Å². The van der Waals surface area contributed by atoms with Gasteiger partial charge in [-0.3, -0.25) is 0 Å². The highest BCUT2D eigenvalue weighted by Crippen LogP contribution is 2.29. The molecule has 1 heterocycles. The van der Waals surface area contributed by atoms with Gasteiger partial charge in [-0.2, -0.15) is 0 Å². The number of benzene rings is 2. The molecule has 3 aromatic rings. The van der Waals surface area contributed by atoms with E-state index in [0.29, 0.717) is 13.0 Å². The van der Waals surface area contributed by atoms with E-state index in [0.717, 1.165) is 34.0 Å². The summed E-state index contributed by atoms with van der Waals surface area (Å²) in [5, 5.41) is 1.02. The van der Waals surface area contributed by atoms with E-state index in [1.807, 2.05) is 55.6 Å². The van der Waals surface area contributed by atoms with Crippen molar-refractivity contribution >= 4 is 22.4 Å². The highest BCUT2D eigenvalue weighted by atomic mass is 16.5. The Hall–Kier alpha value is -2.66. The van der Waals surface area contributed by atoms with Crippen LogP contribution in [-0.4, -0.2) is 30.7 Å². The van der Waals surface area contributed by atoms with Gasteiger partial charge in [0.15, 0.2) is 0 Å². The molecule has 1 aromatic heterocycles. The summed E-state index contributed by atoms with van der Waals surface area (Å²) in [5.74, 6) is 2.48. The third-order valence-electron chi connectivity index (χ3n) is 3.77. The van der Waals surface area contributed by atoms with Crippen LogP contribution in [-0.2, 0) is 6.42 Å². The molecule has 0 saturated heterocycles. The number of aromatic nitrogens is 2. The van der Waals surface area contributed by atoms with Crippen molar-refractivity contribution in [3.8, 4) is 5.75 Å². The van der Waals surface area contributed by atoms with Crippen LogP contribution < -0.4 is 15.4 Å². The molecular formula is C18H20N4O. The number of hydrogen-bond donors (Lipinski definition) is 1. The molecule has 0 unspecified atom stereocenters. The average molecular weight is 308 g/mol. The highest BCUT2D eigenvalue weighted by Gasteiger charge is 2.12. The maximum absolute atomic E-state index is 5.67. The quantitative estimate of drug-likeness (QED) is 0.785. The van der Waals surface area contributed by atoms with Crippen LogP contribution in [0.1, 0.15) is 5.82 Å². The second-order valence-corrected chi connectivity index (χ2v) is 5.28. The molecule has 0 aliphatic carbocycles. The molecule has 3 rings (SSSR count). The number of methoxy groups -OCH3 is 1. The van der Waals surface area contributed by atoms with Crippen LogP contribution in [0.15, 0.2) is 48.5 Å². The van der Waals surface area contributed by atoms with Crippen molar-refractivity contribution in [2.24, 2.45) is 5.73 Å². The van der Waals surface area contributed by atoms with Crippen molar-refractivity contribution < 1.29 is 4.74 Å². The lowest BCUT2D eigenvalue weighted by Crippen LogP contribution is -2.15. The fourth-order valence-electron chi connectivity index (χ4n) is 2.53. The molecule has 0 amide bonds. The zero-order valence-electron chi connectivity index (χ0n) is 13.4. The Bertz CT molecular complexity index is 802. The monoisotopic (exact) mass is 308 g/mol. The van der Waals surface area contributed by atoms with Crippen LogP contribution in [0.3, 0.4) is 0 Å². The number of nitrogens with zero attached hydrogens (tertiary/aromatic N) is 3. The van der Waals surface area contributed by atoms with Crippen molar-refractivity contribution in [3.05, 3.63) is 54.4 Å². The standard InChI is InChI=1S/C18H20N4O/c1-22(13-7-9-14(23-2)10-8-13)18-15-5-3-4-6-16(15)20-17(21-18)11-12-19/h3-10H,11-12,19H2,1-2H3. The zero-order valence-corrected chi connectivity index (χ0v) is 13.4. The van der Waals surface area contributed by atoms with Gasteiger partial charge in [-0.15, -0.1) is 0 Å². The van der Waals surface area contributed by atoms with Gasteiger partial charge < -0.3 is 15.4 Å². The van der Waals surface area contributed by atoms with Crippen LogP contribution in [0.5, 0.6) is 5.75 Å². The summed E-state index contributed by atoms with van der Waals surface area (Å²) in [6.45, 7) is 0.532. The minimum Gasteiger partial charge on any atom is -0.497 e. The van der Waals surface area contributed by atoms with Gasteiger partial charge in [-0.05, 0) is 42.9 Å². The molecular weight excluding hydrogens is 288 g/mol. The van der Waals surface area contributed by atoms with Gasteiger partial charge in [0.1, 0.15) is 17.4 Å². The molecule has 0 fully saturated rings. The molecule has 5 heteroatoms. The van der Waals surface area contributed by atoms with E-state index in [-0.39, 0.29) is 0 Å². The number of nitrogens with two attached hydrogens (primary N) is 1. The molecule has 0 bridgehead atoms. The number of rotatable bonds is 5. The summed E-state index contributed by atoms with van der Waals surface area (Å²) in [5.41, 5.74) is 7.63. The molecule has 118 valence electrons. The predicted octanol–water partition coefficient (Wildman–Crippen LogP) is 2.91. The molecule has 2 N–H and O–H groups in total. The summed E-state index contributed by atoms with van der Waals surface area (Å²) in [6.07, 6.45) is 0.661. The van der Waals surface area contributed by atoms with Crippen molar-refractivity contribution in [2.75, 3.05) is 25.6 Å². The first-order valence-electron chi connectivity index (χ1n) is 7.56. The molecule has 0 radical (unpaired) electrons. The topological polar surface area (TPSA) is 64.3 Å². The number of anilines is 2. The van der Waals surface area contributed by atoms with E-state index >= 15 is 0 Å². The van der Waals surface area contributed by atoms with Crippen LogP contribution in [0, 0.1) is 0 Å². The summed E-state index contributed by atoms with van der Waals surface area (Å²) in [4.78, 5) is 11.4. The number of fused-ring (bicyclic) bond motifs is 1. The van der Waals surface area contributed by atoms with E-state index in [1.54, 1.807) is 7.11 Å². The fourth-order valence-corrected chi connectivity index (χ4v) is 2.53. The maximum atomic E-state index is 5.67. The van der Waals surface area contributed by atoms with Gasteiger partial charge in [0.2, 0.25) is 0 Å². The molecule has 0 saturated carbocycles. The molecule has 2 aromatic carbocycles. The second-order valence-electron chi connectivity index (χ2n) is 5.28. The van der Waals surface area contributed by atoms with Crippen molar-refractivity contribution in [1.29, 1.82) is 0 Å². The Morgan fingerprint density at radius 1 is 1.04 bits per heavy atom. The minimum atomic E-state index is 0.532. The third kappa shape index (κ3) is 3.10. The van der Waals surface area contributed by atoms with Crippen LogP contribution >= 0.6 is 0 Å². The largest absolute Gasteiger partial charge is 0.497 e. The van der Waals surface area contributed by atoms with Crippen LogP contribution in [0.2, 0.25) is 0 Å². The van der Waals surface area contributed by atoms with Gasteiger partial charge in [-0.25, -0.2) is 9.97 Å². The maximum Gasteiger partial charge on any atom is 0.144 e.